The normalized spacial score (nSPS) is 12.3. The van der Waals surface area contributed by atoms with Crippen LogP contribution in [0, 0.1) is 18.7 Å². The van der Waals surface area contributed by atoms with Gasteiger partial charge in [0.2, 0.25) is 5.91 Å². The third kappa shape index (κ3) is 4.43. The van der Waals surface area contributed by atoms with Crippen molar-refractivity contribution in [3.63, 3.8) is 0 Å². The molecule has 1 N–H and O–H groups in total. The number of nitrogens with one attached hydrogen (secondary N) is 1. The molecule has 0 bridgehead atoms. The minimum Gasteiger partial charge on any atom is -0.354 e. The second kappa shape index (κ2) is 8.36. The minimum atomic E-state index is -0.248. The molecule has 0 aliphatic rings. The van der Waals surface area contributed by atoms with Gasteiger partial charge in [-0.15, -0.1) is 11.8 Å². The molecule has 0 fully saturated rings. The first-order valence-corrected chi connectivity index (χ1v) is 9.61. The zero-order valence-electron chi connectivity index (χ0n) is 14.9. The highest BCUT2D eigenvalue weighted by atomic mass is 32.2. The summed E-state index contributed by atoms with van der Waals surface area (Å²) in [5.74, 6) is 1.26. The molecule has 3 aromatic rings. The summed E-state index contributed by atoms with van der Waals surface area (Å²) in [5.41, 5.74) is 2.06. The molecule has 26 heavy (non-hydrogen) atoms. The molecule has 0 aliphatic carbocycles. The Morgan fingerprint density at radius 3 is 2.73 bits per heavy atom. The van der Waals surface area contributed by atoms with E-state index in [0.717, 1.165) is 21.8 Å². The third-order valence-electron chi connectivity index (χ3n) is 4.24. The van der Waals surface area contributed by atoms with Gasteiger partial charge >= 0.3 is 0 Å². The van der Waals surface area contributed by atoms with E-state index in [0.29, 0.717) is 18.8 Å². The van der Waals surface area contributed by atoms with Crippen molar-refractivity contribution in [2.24, 2.45) is 5.92 Å². The van der Waals surface area contributed by atoms with Crippen molar-refractivity contribution < 1.29 is 9.18 Å². The van der Waals surface area contributed by atoms with E-state index in [1.54, 1.807) is 23.9 Å². The fourth-order valence-corrected chi connectivity index (χ4v) is 3.69. The number of hydrogen-bond acceptors (Lipinski definition) is 3. The van der Waals surface area contributed by atoms with Crippen LogP contribution in [0.5, 0.6) is 0 Å². The Morgan fingerprint density at radius 1 is 1.23 bits per heavy atom. The summed E-state index contributed by atoms with van der Waals surface area (Å²) in [5, 5.41) is 3.00. The summed E-state index contributed by atoms with van der Waals surface area (Å²) in [4.78, 5) is 17.8. The predicted octanol–water partition coefficient (Wildman–Crippen LogP) is 4.03. The number of imidazole rings is 1. The zero-order chi connectivity index (χ0) is 18.5. The average molecular weight is 371 g/mol. The highest BCUT2D eigenvalue weighted by Crippen LogP contribution is 2.21. The smallest absolute Gasteiger partial charge is 0.223 e. The number of rotatable bonds is 7. The highest BCUT2D eigenvalue weighted by Gasteiger charge is 2.13. The summed E-state index contributed by atoms with van der Waals surface area (Å²) in [7, 11) is 0. The van der Waals surface area contributed by atoms with Crippen LogP contribution in [-0.4, -0.2) is 27.8 Å². The van der Waals surface area contributed by atoms with Gasteiger partial charge in [0.15, 0.2) is 0 Å². The van der Waals surface area contributed by atoms with Gasteiger partial charge in [-0.05, 0) is 43.3 Å². The van der Waals surface area contributed by atoms with E-state index in [4.69, 9.17) is 0 Å². The monoisotopic (exact) mass is 371 g/mol. The molecule has 6 heteroatoms. The number of carbonyl (C=O) groups is 1. The summed E-state index contributed by atoms with van der Waals surface area (Å²) in [6.45, 7) is 5.13. The third-order valence-corrected chi connectivity index (χ3v) is 5.51. The minimum absolute atomic E-state index is 0.0293. The van der Waals surface area contributed by atoms with Gasteiger partial charge in [-0.3, -0.25) is 4.79 Å². The van der Waals surface area contributed by atoms with E-state index in [1.165, 1.54) is 12.1 Å². The predicted molar refractivity (Wildman–Crippen MR) is 104 cm³/mol. The maximum atomic E-state index is 12.9. The number of para-hydroxylation sites is 2. The van der Waals surface area contributed by atoms with E-state index in [1.807, 2.05) is 38.1 Å². The Balaban J connectivity index is 1.48. The number of nitrogens with zero attached hydrogens (tertiary/aromatic N) is 2. The van der Waals surface area contributed by atoms with Gasteiger partial charge in [0.05, 0.1) is 11.0 Å². The highest BCUT2D eigenvalue weighted by molar-refractivity contribution is 7.99. The van der Waals surface area contributed by atoms with Crippen molar-refractivity contribution >= 4 is 28.7 Å². The molecular formula is C20H22FN3OS. The molecule has 0 aliphatic heterocycles. The van der Waals surface area contributed by atoms with Crippen LogP contribution in [0.15, 0.2) is 53.4 Å². The second-order valence-corrected chi connectivity index (χ2v) is 7.35. The van der Waals surface area contributed by atoms with E-state index >= 15 is 0 Å². The summed E-state index contributed by atoms with van der Waals surface area (Å²) in [6, 6.07) is 14.3. The van der Waals surface area contributed by atoms with Crippen molar-refractivity contribution in [1.29, 1.82) is 0 Å². The number of thioether (sulfide) groups is 1. The van der Waals surface area contributed by atoms with Gasteiger partial charge in [0.1, 0.15) is 11.6 Å². The van der Waals surface area contributed by atoms with Crippen LogP contribution in [0.1, 0.15) is 12.7 Å². The summed E-state index contributed by atoms with van der Waals surface area (Å²) >= 11 is 1.56. The summed E-state index contributed by atoms with van der Waals surface area (Å²) < 4.78 is 15.0. The van der Waals surface area contributed by atoms with E-state index < -0.39 is 0 Å². The molecule has 1 aromatic heterocycles. The first-order chi connectivity index (χ1) is 12.5. The fraction of sp³-hybridized carbons (Fsp3) is 0.300. The van der Waals surface area contributed by atoms with Crippen molar-refractivity contribution in [1.82, 2.24) is 14.9 Å². The molecule has 1 amide bonds. The van der Waals surface area contributed by atoms with Crippen LogP contribution >= 0.6 is 11.8 Å². The van der Waals surface area contributed by atoms with Gasteiger partial charge < -0.3 is 9.88 Å². The topological polar surface area (TPSA) is 46.9 Å². The number of hydrogen-bond donors (Lipinski definition) is 1. The molecule has 0 saturated heterocycles. The SMILES string of the molecule is Cc1nc2ccccc2n1CCNC(=O)[C@@H](C)CSc1ccc(F)cc1. The average Bonchev–Trinajstić information content (AvgIpc) is 2.96. The molecule has 0 spiro atoms. The number of halogens is 1. The lowest BCUT2D eigenvalue weighted by molar-refractivity contribution is -0.123. The molecule has 0 saturated carbocycles. The Kier molecular flexibility index (Phi) is 5.93. The molecule has 2 aromatic carbocycles. The van der Waals surface area contributed by atoms with Gasteiger partial charge in [-0.2, -0.15) is 0 Å². The van der Waals surface area contributed by atoms with Crippen LogP contribution in [0.2, 0.25) is 0 Å². The van der Waals surface area contributed by atoms with Crippen molar-refractivity contribution in [3.05, 3.63) is 60.2 Å². The van der Waals surface area contributed by atoms with Gasteiger partial charge in [-0.1, -0.05) is 19.1 Å². The van der Waals surface area contributed by atoms with Crippen LogP contribution in [0.4, 0.5) is 4.39 Å². The molecule has 4 nitrogen and oxygen atoms in total. The lowest BCUT2D eigenvalue weighted by Gasteiger charge is -2.13. The Morgan fingerprint density at radius 2 is 1.96 bits per heavy atom. The van der Waals surface area contributed by atoms with E-state index in [2.05, 4.69) is 14.9 Å². The van der Waals surface area contributed by atoms with Crippen LogP contribution < -0.4 is 5.32 Å². The number of aryl methyl sites for hydroxylation is 1. The number of benzene rings is 2. The quantitative estimate of drug-likeness (QED) is 0.638. The Hall–Kier alpha value is -2.34. The van der Waals surface area contributed by atoms with Gasteiger partial charge in [0, 0.05) is 29.7 Å². The van der Waals surface area contributed by atoms with E-state index in [-0.39, 0.29) is 17.6 Å². The van der Waals surface area contributed by atoms with Crippen LogP contribution in [0.3, 0.4) is 0 Å². The molecule has 1 atom stereocenters. The van der Waals surface area contributed by atoms with E-state index in [9.17, 15) is 9.18 Å². The zero-order valence-corrected chi connectivity index (χ0v) is 15.7. The number of aromatic nitrogens is 2. The number of carbonyl (C=O) groups excluding carboxylic acids is 1. The molecule has 136 valence electrons. The van der Waals surface area contributed by atoms with Crippen molar-refractivity contribution in [2.45, 2.75) is 25.3 Å². The van der Waals surface area contributed by atoms with Crippen LogP contribution in [0.25, 0.3) is 11.0 Å². The number of fused-ring (bicyclic) bond motifs is 1. The fourth-order valence-electron chi connectivity index (χ4n) is 2.77. The maximum absolute atomic E-state index is 12.9. The lowest BCUT2D eigenvalue weighted by atomic mass is 10.2. The van der Waals surface area contributed by atoms with Gasteiger partial charge in [0.25, 0.3) is 0 Å². The van der Waals surface area contributed by atoms with Crippen LogP contribution in [-0.2, 0) is 11.3 Å². The molecule has 3 rings (SSSR count). The number of amides is 1. The Bertz CT molecular complexity index is 892. The molecule has 0 radical (unpaired) electrons. The lowest BCUT2D eigenvalue weighted by Crippen LogP contribution is -2.33. The second-order valence-electron chi connectivity index (χ2n) is 6.26. The maximum Gasteiger partial charge on any atom is 0.223 e. The summed E-state index contributed by atoms with van der Waals surface area (Å²) in [6.07, 6.45) is 0. The first kappa shape index (κ1) is 18.5. The standard InChI is InChI=1S/C20H22FN3OS/c1-14(13-26-17-9-7-16(21)8-10-17)20(25)22-11-12-24-15(2)23-18-5-3-4-6-19(18)24/h3-10,14H,11-13H2,1-2H3,(H,22,25)/t14-/m0/s1. The molecule has 1 heterocycles. The largest absolute Gasteiger partial charge is 0.354 e. The van der Waals surface area contributed by atoms with Gasteiger partial charge in [-0.25, -0.2) is 9.37 Å². The first-order valence-electron chi connectivity index (χ1n) is 8.62. The molecule has 0 unspecified atom stereocenters. The Labute approximate surface area is 156 Å². The molecular weight excluding hydrogens is 349 g/mol. The van der Waals surface area contributed by atoms with Crippen molar-refractivity contribution in [3.8, 4) is 0 Å². The van der Waals surface area contributed by atoms with Crippen molar-refractivity contribution in [2.75, 3.05) is 12.3 Å².